The van der Waals surface area contributed by atoms with E-state index >= 15 is 0 Å². The van der Waals surface area contributed by atoms with E-state index in [1.54, 1.807) is 5.57 Å². The molecule has 0 radical (unpaired) electrons. The Morgan fingerprint density at radius 3 is 2.59 bits per heavy atom. The molecular weight excluding hydrogens is 338 g/mol. The minimum Gasteiger partial charge on any atom is -0.463 e. The average molecular weight is 378 g/mol. The molecular formula is C23H39NO3. The van der Waals surface area contributed by atoms with E-state index in [2.05, 4.69) is 26.8 Å². The normalized spacial score (nSPS) is 46.3. The van der Waals surface area contributed by atoms with Gasteiger partial charge in [0, 0.05) is 13.5 Å². The van der Waals surface area contributed by atoms with Crippen molar-refractivity contribution in [1.82, 2.24) is 0 Å². The maximum Gasteiger partial charge on any atom is 0.302 e. The van der Waals surface area contributed by atoms with E-state index in [4.69, 9.17) is 10.5 Å². The molecule has 0 spiro atoms. The van der Waals surface area contributed by atoms with Gasteiger partial charge < -0.3 is 15.6 Å². The van der Waals surface area contributed by atoms with E-state index in [9.17, 15) is 9.90 Å². The third-order valence-corrected chi connectivity index (χ3v) is 8.79. The third kappa shape index (κ3) is 3.48. The Labute approximate surface area is 164 Å². The molecule has 0 aromatic rings. The molecule has 4 heteroatoms. The highest BCUT2D eigenvalue weighted by Gasteiger charge is 2.56. The smallest absolute Gasteiger partial charge is 0.302 e. The Balaban J connectivity index is 1.83. The van der Waals surface area contributed by atoms with E-state index in [-0.39, 0.29) is 30.0 Å². The second-order valence-electron chi connectivity index (χ2n) is 9.81. The van der Waals surface area contributed by atoms with Crippen LogP contribution in [0.15, 0.2) is 11.6 Å². The highest BCUT2D eigenvalue weighted by atomic mass is 16.5. The number of rotatable bonds is 4. The molecule has 154 valence electrons. The Morgan fingerprint density at radius 1 is 1.26 bits per heavy atom. The fourth-order valence-electron chi connectivity index (χ4n) is 7.25. The van der Waals surface area contributed by atoms with Crippen LogP contribution in [0.4, 0.5) is 0 Å². The molecule has 3 aliphatic rings. The second-order valence-corrected chi connectivity index (χ2v) is 9.81. The van der Waals surface area contributed by atoms with E-state index in [0.717, 1.165) is 25.8 Å². The molecule has 3 N–H and O–H groups in total. The first-order valence-electron chi connectivity index (χ1n) is 10.9. The van der Waals surface area contributed by atoms with Gasteiger partial charge in [-0.2, -0.15) is 0 Å². The van der Waals surface area contributed by atoms with E-state index in [0.29, 0.717) is 23.2 Å². The highest BCUT2D eigenvalue weighted by molar-refractivity contribution is 5.66. The molecule has 27 heavy (non-hydrogen) atoms. The summed E-state index contributed by atoms with van der Waals surface area (Å²) in [4.78, 5) is 11.4. The predicted octanol–water partition coefficient (Wildman–Crippen LogP) is 4.06. The van der Waals surface area contributed by atoms with Crippen molar-refractivity contribution in [2.75, 3.05) is 13.2 Å². The van der Waals surface area contributed by atoms with Crippen LogP contribution in [-0.4, -0.2) is 30.3 Å². The van der Waals surface area contributed by atoms with Crippen molar-refractivity contribution in [3.63, 3.8) is 0 Å². The number of aliphatic hydroxyl groups excluding tert-OH is 1. The van der Waals surface area contributed by atoms with Gasteiger partial charge in [0.1, 0.15) is 6.10 Å². The van der Waals surface area contributed by atoms with E-state index in [1.165, 1.54) is 32.6 Å². The van der Waals surface area contributed by atoms with Gasteiger partial charge in [-0.15, -0.1) is 0 Å². The molecule has 0 amide bonds. The summed E-state index contributed by atoms with van der Waals surface area (Å²) < 4.78 is 5.49. The number of carbonyl (C=O) groups is 1. The lowest BCUT2D eigenvalue weighted by atomic mass is 9.49. The van der Waals surface area contributed by atoms with Crippen LogP contribution in [0.3, 0.4) is 0 Å². The number of carbonyl (C=O) groups excluding carboxylic acids is 1. The standard InChI is InChI=1S/C23H39NO3/c1-5-16-6-7-20-19(13-24)21(9-11-22(16,20)3)23(4)10-8-18(27-15(2)26)12-17(23)14-25/h5,17-21,25H,6-14,24H2,1-4H3/b16-5+/t17-,18+,19+,20+,21+,22-,23+/m1/s1. The van der Waals surface area contributed by atoms with Crippen molar-refractivity contribution in [1.29, 1.82) is 0 Å². The quantitative estimate of drug-likeness (QED) is 0.572. The number of nitrogens with two attached hydrogens (primary N) is 1. The van der Waals surface area contributed by atoms with Gasteiger partial charge in [-0.3, -0.25) is 4.79 Å². The molecule has 0 aromatic heterocycles. The van der Waals surface area contributed by atoms with Gasteiger partial charge >= 0.3 is 5.97 Å². The van der Waals surface area contributed by atoms with Crippen molar-refractivity contribution in [2.45, 2.75) is 78.7 Å². The SMILES string of the molecule is C/C=C1\CC[C@H]2[C@H](CN)[C@@H]([C@@]3(C)CC[C@H](OC(C)=O)C[C@@H]3CO)CC[C@]12C. The summed E-state index contributed by atoms with van der Waals surface area (Å²) in [7, 11) is 0. The Bertz CT molecular complexity index is 588. The molecule has 4 nitrogen and oxygen atoms in total. The van der Waals surface area contributed by atoms with Crippen LogP contribution in [0.2, 0.25) is 0 Å². The van der Waals surface area contributed by atoms with Crippen molar-refractivity contribution in [3.05, 3.63) is 11.6 Å². The first kappa shape index (κ1) is 20.9. The zero-order valence-corrected chi connectivity index (χ0v) is 17.7. The van der Waals surface area contributed by atoms with E-state index in [1.807, 2.05) is 0 Å². The lowest BCUT2D eigenvalue weighted by molar-refractivity contribution is -0.155. The van der Waals surface area contributed by atoms with Crippen molar-refractivity contribution >= 4 is 5.97 Å². The number of hydrogen-bond donors (Lipinski definition) is 2. The molecule has 0 aliphatic heterocycles. The lowest BCUT2D eigenvalue weighted by Crippen LogP contribution is -2.53. The molecule has 0 unspecified atom stereocenters. The maximum absolute atomic E-state index is 11.4. The topological polar surface area (TPSA) is 72.5 Å². The Kier molecular flexibility index (Phi) is 6.08. The number of hydrogen-bond acceptors (Lipinski definition) is 4. The zero-order chi connectivity index (χ0) is 19.8. The van der Waals surface area contributed by atoms with Crippen LogP contribution >= 0.6 is 0 Å². The molecule has 3 aliphatic carbocycles. The van der Waals surface area contributed by atoms with Gasteiger partial charge in [-0.25, -0.2) is 0 Å². The number of aliphatic hydroxyl groups is 1. The van der Waals surface area contributed by atoms with Gasteiger partial charge in [0.2, 0.25) is 0 Å². The first-order valence-corrected chi connectivity index (χ1v) is 10.9. The summed E-state index contributed by atoms with van der Waals surface area (Å²) in [6.45, 7) is 9.41. The van der Waals surface area contributed by atoms with Crippen molar-refractivity contribution < 1.29 is 14.6 Å². The number of ether oxygens (including phenoxy) is 1. The minimum absolute atomic E-state index is 0.0426. The van der Waals surface area contributed by atoms with Crippen LogP contribution in [0.5, 0.6) is 0 Å². The Hall–Kier alpha value is -0.870. The molecule has 0 heterocycles. The number of fused-ring (bicyclic) bond motifs is 1. The fraction of sp³-hybridized carbons (Fsp3) is 0.870. The molecule has 3 rings (SSSR count). The Morgan fingerprint density at radius 2 is 2.00 bits per heavy atom. The van der Waals surface area contributed by atoms with Crippen LogP contribution < -0.4 is 5.73 Å². The van der Waals surface area contributed by atoms with Crippen LogP contribution in [-0.2, 0) is 9.53 Å². The summed E-state index contributed by atoms with van der Waals surface area (Å²) in [6, 6.07) is 0. The van der Waals surface area contributed by atoms with Crippen molar-refractivity contribution in [2.24, 2.45) is 40.2 Å². The lowest BCUT2D eigenvalue weighted by Gasteiger charge is -2.56. The maximum atomic E-state index is 11.4. The van der Waals surface area contributed by atoms with Gasteiger partial charge in [0.15, 0.2) is 0 Å². The largest absolute Gasteiger partial charge is 0.463 e. The van der Waals surface area contributed by atoms with Crippen molar-refractivity contribution in [3.8, 4) is 0 Å². The fourth-order valence-corrected chi connectivity index (χ4v) is 7.25. The third-order valence-electron chi connectivity index (χ3n) is 8.79. The van der Waals surface area contributed by atoms with Gasteiger partial charge in [-0.1, -0.05) is 25.5 Å². The summed E-state index contributed by atoms with van der Waals surface area (Å²) >= 11 is 0. The summed E-state index contributed by atoms with van der Waals surface area (Å²) in [5.74, 6) is 1.70. The minimum atomic E-state index is -0.210. The zero-order valence-electron chi connectivity index (χ0n) is 17.7. The molecule has 0 aromatic carbocycles. The second kappa shape index (κ2) is 7.87. The first-order chi connectivity index (χ1) is 12.8. The van der Waals surface area contributed by atoms with Crippen LogP contribution in [0.25, 0.3) is 0 Å². The van der Waals surface area contributed by atoms with Crippen LogP contribution in [0.1, 0.15) is 72.6 Å². The molecule has 7 atom stereocenters. The predicted molar refractivity (Wildman–Crippen MR) is 108 cm³/mol. The average Bonchev–Trinajstić information content (AvgIpc) is 2.98. The van der Waals surface area contributed by atoms with E-state index < -0.39 is 0 Å². The van der Waals surface area contributed by atoms with Gasteiger partial charge in [-0.05, 0) is 92.9 Å². The van der Waals surface area contributed by atoms with Crippen LogP contribution in [0, 0.1) is 34.5 Å². The molecule has 3 saturated carbocycles. The number of esters is 1. The monoisotopic (exact) mass is 377 g/mol. The number of allylic oxidation sites excluding steroid dienone is 2. The summed E-state index contributed by atoms with van der Waals surface area (Å²) in [6.07, 6.45) is 9.90. The molecule has 3 fully saturated rings. The molecule has 0 bridgehead atoms. The molecule has 0 saturated heterocycles. The summed E-state index contributed by atoms with van der Waals surface area (Å²) in [5.41, 5.74) is 8.41. The van der Waals surface area contributed by atoms with Gasteiger partial charge in [0.05, 0.1) is 0 Å². The van der Waals surface area contributed by atoms with Gasteiger partial charge in [0.25, 0.3) is 0 Å². The summed E-state index contributed by atoms with van der Waals surface area (Å²) in [5, 5.41) is 10.2. The highest BCUT2D eigenvalue weighted by Crippen LogP contribution is 2.63.